The highest BCUT2D eigenvalue weighted by atomic mass is 32.2. The molecule has 0 aromatic carbocycles. The molecule has 0 aliphatic carbocycles. The Morgan fingerprint density at radius 1 is 1.31 bits per heavy atom. The first-order valence-corrected chi connectivity index (χ1v) is 6.83. The molecule has 0 amide bonds. The van der Waals surface area contributed by atoms with Gasteiger partial charge in [-0.05, 0) is 0 Å². The molecule has 96 valence electrons. The lowest BCUT2D eigenvalue weighted by atomic mass is 10.4. The molecule has 0 saturated carbocycles. The molecule has 0 spiro atoms. The van der Waals surface area contributed by atoms with E-state index >= 15 is 0 Å². The minimum Gasteiger partial charge on any atom is -0.314 e. The molecule has 16 heavy (non-hydrogen) atoms. The highest BCUT2D eigenvalue weighted by Crippen LogP contribution is 1.95. The van der Waals surface area contributed by atoms with Crippen LogP contribution in [0.2, 0.25) is 0 Å². The van der Waals surface area contributed by atoms with Gasteiger partial charge in [0.2, 0.25) is 10.0 Å². The van der Waals surface area contributed by atoms with Crippen LogP contribution in [0.3, 0.4) is 0 Å². The van der Waals surface area contributed by atoms with Gasteiger partial charge in [0, 0.05) is 32.7 Å². The van der Waals surface area contributed by atoms with Crippen LogP contribution in [0.25, 0.3) is 0 Å². The van der Waals surface area contributed by atoms with Crippen LogP contribution < -0.4 is 10.0 Å². The SMILES string of the molecule is O=S(=O)(CCN1CCNCC1)NCC(F)F. The molecule has 1 aliphatic rings. The van der Waals surface area contributed by atoms with Gasteiger partial charge < -0.3 is 5.32 Å². The minimum atomic E-state index is -3.57. The summed E-state index contributed by atoms with van der Waals surface area (Å²) >= 11 is 0. The van der Waals surface area contributed by atoms with E-state index in [2.05, 4.69) is 5.32 Å². The fourth-order valence-corrected chi connectivity index (χ4v) is 2.47. The first-order chi connectivity index (χ1) is 7.49. The number of alkyl halides is 2. The molecule has 1 saturated heterocycles. The van der Waals surface area contributed by atoms with E-state index in [0.717, 1.165) is 26.2 Å². The standard InChI is InChI=1S/C8H17F2N3O2S/c9-8(10)7-12-16(14,15)6-5-13-3-1-11-2-4-13/h8,11-12H,1-7H2. The topological polar surface area (TPSA) is 61.4 Å². The molecule has 0 atom stereocenters. The van der Waals surface area contributed by atoms with Gasteiger partial charge in [-0.2, -0.15) is 0 Å². The molecule has 1 fully saturated rings. The van der Waals surface area contributed by atoms with Crippen molar-refractivity contribution in [3.8, 4) is 0 Å². The highest BCUT2D eigenvalue weighted by Gasteiger charge is 2.16. The highest BCUT2D eigenvalue weighted by molar-refractivity contribution is 7.89. The number of rotatable bonds is 6. The van der Waals surface area contributed by atoms with Crippen LogP contribution in [0.4, 0.5) is 8.78 Å². The Bertz CT molecular complexity index is 292. The third-order valence-corrected chi connectivity index (χ3v) is 3.67. The molecule has 5 nitrogen and oxygen atoms in total. The summed E-state index contributed by atoms with van der Waals surface area (Å²) in [7, 11) is -3.57. The van der Waals surface area contributed by atoms with Gasteiger partial charge in [0.25, 0.3) is 6.43 Å². The summed E-state index contributed by atoms with van der Waals surface area (Å²) in [5.41, 5.74) is 0. The first-order valence-electron chi connectivity index (χ1n) is 5.18. The lowest BCUT2D eigenvalue weighted by Gasteiger charge is -2.26. The second kappa shape index (κ2) is 6.43. The van der Waals surface area contributed by atoms with E-state index in [1.807, 2.05) is 9.62 Å². The van der Waals surface area contributed by atoms with Crippen LogP contribution in [0, 0.1) is 0 Å². The van der Waals surface area contributed by atoms with Crippen LogP contribution in [-0.2, 0) is 10.0 Å². The maximum absolute atomic E-state index is 11.8. The number of hydrogen-bond acceptors (Lipinski definition) is 4. The molecular weight excluding hydrogens is 240 g/mol. The molecule has 2 N–H and O–H groups in total. The summed E-state index contributed by atoms with van der Waals surface area (Å²) < 4.78 is 48.1. The van der Waals surface area contributed by atoms with E-state index in [1.165, 1.54) is 0 Å². The second-order valence-corrected chi connectivity index (χ2v) is 5.58. The molecule has 0 bridgehead atoms. The third kappa shape index (κ3) is 5.69. The normalized spacial score (nSPS) is 19.2. The van der Waals surface area contributed by atoms with Crippen molar-refractivity contribution >= 4 is 10.0 Å². The van der Waals surface area contributed by atoms with Crippen molar-refractivity contribution in [2.24, 2.45) is 0 Å². The van der Waals surface area contributed by atoms with E-state index in [0.29, 0.717) is 6.54 Å². The molecule has 0 aromatic rings. The Morgan fingerprint density at radius 3 is 2.50 bits per heavy atom. The third-order valence-electron chi connectivity index (χ3n) is 2.34. The van der Waals surface area contributed by atoms with Crippen molar-refractivity contribution in [2.45, 2.75) is 6.43 Å². The zero-order chi connectivity index (χ0) is 12.0. The van der Waals surface area contributed by atoms with Gasteiger partial charge in [0.1, 0.15) is 0 Å². The lowest BCUT2D eigenvalue weighted by molar-refractivity contribution is 0.153. The summed E-state index contributed by atoms with van der Waals surface area (Å²) in [5.74, 6) is -0.125. The van der Waals surface area contributed by atoms with Crippen molar-refractivity contribution in [1.82, 2.24) is 14.9 Å². The number of nitrogens with one attached hydrogen (secondary N) is 2. The first kappa shape index (κ1) is 13.8. The van der Waals surface area contributed by atoms with Gasteiger partial charge in [-0.25, -0.2) is 21.9 Å². The van der Waals surface area contributed by atoms with Crippen molar-refractivity contribution in [3.05, 3.63) is 0 Å². The van der Waals surface area contributed by atoms with Gasteiger partial charge in [-0.15, -0.1) is 0 Å². The van der Waals surface area contributed by atoms with Crippen LogP contribution in [0.15, 0.2) is 0 Å². The van der Waals surface area contributed by atoms with E-state index in [-0.39, 0.29) is 5.75 Å². The van der Waals surface area contributed by atoms with Crippen molar-refractivity contribution < 1.29 is 17.2 Å². The number of piperazine rings is 1. The second-order valence-electron chi connectivity index (χ2n) is 3.65. The fraction of sp³-hybridized carbons (Fsp3) is 1.00. The summed E-state index contributed by atoms with van der Waals surface area (Å²) in [4.78, 5) is 2.00. The predicted octanol–water partition coefficient (Wildman–Crippen LogP) is -0.924. The van der Waals surface area contributed by atoms with E-state index in [1.54, 1.807) is 0 Å². The average Bonchev–Trinajstić information content (AvgIpc) is 2.26. The zero-order valence-corrected chi connectivity index (χ0v) is 9.77. The summed E-state index contributed by atoms with van der Waals surface area (Å²) in [5, 5.41) is 3.15. The van der Waals surface area contributed by atoms with Crippen LogP contribution in [0.5, 0.6) is 0 Å². The molecule has 0 aromatic heterocycles. The summed E-state index contributed by atoms with van der Waals surface area (Å²) in [6, 6.07) is 0. The number of halogens is 2. The van der Waals surface area contributed by atoms with Gasteiger partial charge in [-0.3, -0.25) is 4.90 Å². The molecular formula is C8H17F2N3O2S. The Morgan fingerprint density at radius 2 is 1.94 bits per heavy atom. The van der Waals surface area contributed by atoms with Gasteiger partial charge >= 0.3 is 0 Å². The van der Waals surface area contributed by atoms with E-state index in [9.17, 15) is 17.2 Å². The number of sulfonamides is 1. The molecule has 8 heteroatoms. The predicted molar refractivity (Wildman–Crippen MR) is 57.1 cm³/mol. The van der Waals surface area contributed by atoms with Crippen molar-refractivity contribution in [3.63, 3.8) is 0 Å². The van der Waals surface area contributed by atoms with Gasteiger partial charge in [0.05, 0.1) is 12.3 Å². The average molecular weight is 257 g/mol. The van der Waals surface area contributed by atoms with Crippen LogP contribution in [-0.4, -0.2) is 64.8 Å². The quantitative estimate of drug-likeness (QED) is 0.646. The minimum absolute atomic E-state index is 0.125. The zero-order valence-electron chi connectivity index (χ0n) is 8.95. The molecule has 1 rings (SSSR count). The molecule has 1 aliphatic heterocycles. The Hall–Kier alpha value is -0.310. The maximum Gasteiger partial charge on any atom is 0.251 e. The van der Waals surface area contributed by atoms with E-state index < -0.39 is 23.0 Å². The van der Waals surface area contributed by atoms with E-state index in [4.69, 9.17) is 0 Å². The van der Waals surface area contributed by atoms with Crippen molar-refractivity contribution in [1.29, 1.82) is 0 Å². The summed E-state index contributed by atoms with van der Waals surface area (Å²) in [6.07, 6.45) is -2.64. The van der Waals surface area contributed by atoms with Crippen molar-refractivity contribution in [2.75, 3.05) is 45.0 Å². The van der Waals surface area contributed by atoms with Crippen LogP contribution >= 0.6 is 0 Å². The number of hydrogen-bond donors (Lipinski definition) is 2. The van der Waals surface area contributed by atoms with Gasteiger partial charge in [0.15, 0.2) is 0 Å². The maximum atomic E-state index is 11.8. The monoisotopic (exact) mass is 257 g/mol. The lowest BCUT2D eigenvalue weighted by Crippen LogP contribution is -2.46. The Kier molecular flexibility index (Phi) is 5.53. The Labute approximate surface area is 94.2 Å². The largest absolute Gasteiger partial charge is 0.314 e. The summed E-state index contributed by atoms with van der Waals surface area (Å²) in [6.45, 7) is 2.86. The van der Waals surface area contributed by atoms with Crippen LogP contribution in [0.1, 0.15) is 0 Å². The fourth-order valence-electron chi connectivity index (χ4n) is 1.45. The number of nitrogens with zero attached hydrogens (tertiary/aromatic N) is 1. The molecule has 1 heterocycles. The molecule has 0 radical (unpaired) electrons. The molecule has 0 unspecified atom stereocenters. The Balaban J connectivity index is 2.24. The van der Waals surface area contributed by atoms with Gasteiger partial charge in [-0.1, -0.05) is 0 Å². The smallest absolute Gasteiger partial charge is 0.251 e.